The van der Waals surface area contributed by atoms with Gasteiger partial charge in [0, 0.05) is 28.9 Å². The zero-order valence-corrected chi connectivity index (χ0v) is 14.9. The molecule has 1 saturated heterocycles. The van der Waals surface area contributed by atoms with Crippen LogP contribution in [0.3, 0.4) is 0 Å². The highest BCUT2D eigenvalue weighted by Crippen LogP contribution is 2.34. The number of hydrogen-bond donors (Lipinski definition) is 0. The second-order valence-corrected chi connectivity index (χ2v) is 6.88. The molecule has 25 heavy (non-hydrogen) atoms. The number of halogens is 1. The fourth-order valence-corrected chi connectivity index (χ4v) is 3.47. The second kappa shape index (κ2) is 6.89. The molecule has 0 saturated carbocycles. The number of benzene rings is 2. The summed E-state index contributed by atoms with van der Waals surface area (Å²) in [6.45, 7) is 4.34. The maximum Gasteiger partial charge on any atom is 0.246 e. The number of hydrogen-bond acceptors (Lipinski definition) is 4. The van der Waals surface area contributed by atoms with Crippen LogP contribution < -0.4 is 9.64 Å². The van der Waals surface area contributed by atoms with Crippen LogP contribution >= 0.6 is 11.6 Å². The zero-order valence-electron chi connectivity index (χ0n) is 14.2. The summed E-state index contributed by atoms with van der Waals surface area (Å²) in [7, 11) is 0. The van der Waals surface area contributed by atoms with Gasteiger partial charge in [-0.2, -0.15) is 0 Å². The van der Waals surface area contributed by atoms with E-state index in [2.05, 4.69) is 28.1 Å². The van der Waals surface area contributed by atoms with Crippen molar-refractivity contribution in [3.63, 3.8) is 0 Å². The molecular weight excluding hydrogens is 334 g/mol. The van der Waals surface area contributed by atoms with Crippen molar-refractivity contribution in [2.45, 2.75) is 19.8 Å². The molecule has 1 aliphatic rings. The lowest BCUT2D eigenvalue weighted by Gasteiger charge is -2.19. The van der Waals surface area contributed by atoms with Crippen LogP contribution in [0, 0.1) is 5.92 Å². The van der Waals surface area contributed by atoms with Crippen LogP contribution in [-0.4, -0.2) is 23.3 Å². The topological polar surface area (TPSA) is 38.2 Å². The Bertz CT molecular complexity index is 882. The predicted molar refractivity (Wildman–Crippen MR) is 102 cm³/mol. The monoisotopic (exact) mass is 353 g/mol. The molecule has 0 radical (unpaired) electrons. The number of rotatable bonds is 4. The molecule has 0 amide bonds. The van der Waals surface area contributed by atoms with Crippen LogP contribution in [0.15, 0.2) is 48.5 Å². The van der Waals surface area contributed by atoms with Crippen LogP contribution in [0.25, 0.3) is 10.8 Å². The summed E-state index contributed by atoms with van der Waals surface area (Å²) in [5.41, 5.74) is 0. The van der Waals surface area contributed by atoms with Crippen LogP contribution in [0.1, 0.15) is 19.8 Å². The number of ether oxygens (including phenoxy) is 1. The molecule has 2 heterocycles. The predicted octanol–water partition coefficient (Wildman–Crippen LogP) is 5.31. The molecule has 0 spiro atoms. The minimum absolute atomic E-state index is 0.521. The first-order chi connectivity index (χ1) is 12.2. The average Bonchev–Trinajstić information content (AvgIpc) is 3.13. The summed E-state index contributed by atoms with van der Waals surface area (Å²) < 4.78 is 5.96. The van der Waals surface area contributed by atoms with Crippen molar-refractivity contribution in [3.8, 4) is 11.6 Å². The molecule has 1 aliphatic heterocycles. The molecule has 1 aromatic heterocycles. The van der Waals surface area contributed by atoms with Gasteiger partial charge in [-0.15, -0.1) is 10.2 Å². The molecular formula is C20H20ClN3O. The molecule has 2 aromatic carbocycles. The van der Waals surface area contributed by atoms with Crippen LogP contribution in [0.5, 0.6) is 11.6 Å². The van der Waals surface area contributed by atoms with Crippen molar-refractivity contribution in [1.29, 1.82) is 0 Å². The molecule has 1 atom stereocenters. The lowest BCUT2D eigenvalue weighted by Crippen LogP contribution is -2.21. The zero-order chi connectivity index (χ0) is 17.2. The van der Waals surface area contributed by atoms with E-state index >= 15 is 0 Å². The van der Waals surface area contributed by atoms with E-state index in [0.29, 0.717) is 16.7 Å². The number of anilines is 1. The normalized spacial score (nSPS) is 17.2. The van der Waals surface area contributed by atoms with E-state index in [1.807, 2.05) is 30.3 Å². The molecule has 4 nitrogen and oxygen atoms in total. The van der Waals surface area contributed by atoms with Crippen molar-refractivity contribution in [1.82, 2.24) is 10.2 Å². The Morgan fingerprint density at radius 1 is 1.08 bits per heavy atom. The van der Waals surface area contributed by atoms with E-state index in [9.17, 15) is 0 Å². The number of fused-ring (bicyclic) bond motifs is 1. The molecule has 128 valence electrons. The third-order valence-electron chi connectivity index (χ3n) is 4.82. The van der Waals surface area contributed by atoms with E-state index in [-0.39, 0.29) is 0 Å². The standard InChI is InChI=1S/C20H20ClN3O/c1-2-14-11-12-24(13-14)19-17-5-3-4-6-18(17)20(23-22-19)25-16-9-7-15(21)8-10-16/h3-10,14H,2,11-13H2,1H3. The third kappa shape index (κ3) is 3.27. The van der Waals surface area contributed by atoms with Crippen LogP contribution in [0.4, 0.5) is 5.82 Å². The van der Waals surface area contributed by atoms with Gasteiger partial charge >= 0.3 is 0 Å². The van der Waals surface area contributed by atoms with Gasteiger partial charge in [-0.1, -0.05) is 43.1 Å². The largest absolute Gasteiger partial charge is 0.437 e. The Kier molecular flexibility index (Phi) is 4.45. The molecule has 4 rings (SSSR count). The Balaban J connectivity index is 1.70. The summed E-state index contributed by atoms with van der Waals surface area (Å²) in [4.78, 5) is 2.34. The van der Waals surface area contributed by atoms with Gasteiger partial charge < -0.3 is 9.64 Å². The Labute approximate surface area is 152 Å². The quantitative estimate of drug-likeness (QED) is 0.637. The maximum atomic E-state index is 5.96. The number of aromatic nitrogens is 2. The molecule has 3 aromatic rings. The van der Waals surface area contributed by atoms with E-state index in [4.69, 9.17) is 16.3 Å². The first-order valence-electron chi connectivity index (χ1n) is 8.68. The minimum Gasteiger partial charge on any atom is -0.437 e. The van der Waals surface area contributed by atoms with Crippen molar-refractivity contribution in [2.75, 3.05) is 18.0 Å². The van der Waals surface area contributed by atoms with Crippen molar-refractivity contribution in [3.05, 3.63) is 53.6 Å². The first-order valence-corrected chi connectivity index (χ1v) is 9.06. The maximum absolute atomic E-state index is 5.96. The van der Waals surface area contributed by atoms with E-state index < -0.39 is 0 Å². The summed E-state index contributed by atoms with van der Waals surface area (Å²) in [5, 5.41) is 11.6. The van der Waals surface area contributed by atoms with Crippen molar-refractivity contribution >= 4 is 28.2 Å². The first kappa shape index (κ1) is 16.2. The van der Waals surface area contributed by atoms with Gasteiger partial charge in [0.15, 0.2) is 5.82 Å². The Morgan fingerprint density at radius 3 is 2.56 bits per heavy atom. The highest BCUT2D eigenvalue weighted by Gasteiger charge is 2.24. The van der Waals surface area contributed by atoms with E-state index in [1.54, 1.807) is 12.1 Å². The van der Waals surface area contributed by atoms with Gasteiger partial charge in [0.2, 0.25) is 5.88 Å². The molecule has 1 unspecified atom stereocenters. The third-order valence-corrected chi connectivity index (χ3v) is 5.08. The number of nitrogens with zero attached hydrogens (tertiary/aromatic N) is 3. The second-order valence-electron chi connectivity index (χ2n) is 6.44. The highest BCUT2D eigenvalue weighted by atomic mass is 35.5. The molecule has 0 aliphatic carbocycles. The van der Waals surface area contributed by atoms with Gasteiger partial charge in [0.1, 0.15) is 5.75 Å². The van der Waals surface area contributed by atoms with Gasteiger partial charge in [-0.3, -0.25) is 0 Å². The average molecular weight is 354 g/mol. The fourth-order valence-electron chi connectivity index (χ4n) is 3.35. The summed E-state index contributed by atoms with van der Waals surface area (Å²) in [6, 6.07) is 15.4. The Morgan fingerprint density at radius 2 is 1.84 bits per heavy atom. The van der Waals surface area contributed by atoms with Crippen LogP contribution in [-0.2, 0) is 0 Å². The molecule has 0 N–H and O–H groups in total. The molecule has 0 bridgehead atoms. The highest BCUT2D eigenvalue weighted by molar-refractivity contribution is 6.30. The van der Waals surface area contributed by atoms with Crippen molar-refractivity contribution < 1.29 is 4.74 Å². The van der Waals surface area contributed by atoms with Gasteiger partial charge in [0.05, 0.1) is 0 Å². The Hall–Kier alpha value is -2.33. The van der Waals surface area contributed by atoms with E-state index in [0.717, 1.165) is 35.6 Å². The SMILES string of the molecule is CCC1CCN(c2nnc(Oc3ccc(Cl)cc3)c3ccccc23)C1. The molecule has 1 fully saturated rings. The van der Waals surface area contributed by atoms with Gasteiger partial charge in [-0.25, -0.2) is 0 Å². The van der Waals surface area contributed by atoms with Crippen molar-refractivity contribution in [2.24, 2.45) is 5.92 Å². The smallest absolute Gasteiger partial charge is 0.246 e. The van der Waals surface area contributed by atoms with Gasteiger partial charge in [0.25, 0.3) is 0 Å². The van der Waals surface area contributed by atoms with E-state index in [1.165, 1.54) is 12.8 Å². The lowest BCUT2D eigenvalue weighted by atomic mass is 10.1. The lowest BCUT2D eigenvalue weighted by molar-refractivity contribution is 0.462. The summed E-state index contributed by atoms with van der Waals surface area (Å²) in [6.07, 6.45) is 2.43. The minimum atomic E-state index is 0.521. The molecule has 5 heteroatoms. The van der Waals surface area contributed by atoms with Crippen LogP contribution in [0.2, 0.25) is 5.02 Å². The summed E-state index contributed by atoms with van der Waals surface area (Å²) >= 11 is 5.94. The summed E-state index contributed by atoms with van der Waals surface area (Å²) in [5.74, 6) is 2.91. The fraction of sp³-hybridized carbons (Fsp3) is 0.300. The van der Waals surface area contributed by atoms with Gasteiger partial charge in [-0.05, 0) is 42.7 Å².